The zero-order chi connectivity index (χ0) is 20.4. The van der Waals surface area contributed by atoms with E-state index in [2.05, 4.69) is 10.6 Å². The summed E-state index contributed by atoms with van der Waals surface area (Å²) in [6.45, 7) is 1.90. The first-order valence-electron chi connectivity index (χ1n) is 9.67. The van der Waals surface area contributed by atoms with Gasteiger partial charge in [-0.3, -0.25) is 4.79 Å². The number of nitrogens with one attached hydrogen (secondary N) is 2. The number of carbonyl (C=O) groups excluding carboxylic acids is 1. The second-order valence-corrected chi connectivity index (χ2v) is 7.91. The van der Waals surface area contributed by atoms with Gasteiger partial charge in [-0.2, -0.15) is 13.2 Å². The molecule has 28 heavy (non-hydrogen) atoms. The predicted molar refractivity (Wildman–Crippen MR) is 97.9 cm³/mol. The van der Waals surface area contributed by atoms with E-state index in [1.807, 2.05) is 0 Å². The van der Waals surface area contributed by atoms with Crippen LogP contribution in [0.3, 0.4) is 0 Å². The molecule has 0 aromatic heterocycles. The maximum atomic E-state index is 13.8. The van der Waals surface area contributed by atoms with Gasteiger partial charge in [-0.05, 0) is 69.7 Å². The lowest BCUT2D eigenvalue weighted by Gasteiger charge is -2.32. The van der Waals surface area contributed by atoms with Gasteiger partial charge in [-0.1, -0.05) is 12.1 Å². The topological polar surface area (TPSA) is 70.6 Å². The molecule has 1 saturated carbocycles. The van der Waals surface area contributed by atoms with Crippen LogP contribution in [-0.4, -0.2) is 42.9 Å². The van der Waals surface area contributed by atoms with E-state index in [1.165, 1.54) is 19.2 Å². The fourth-order valence-corrected chi connectivity index (χ4v) is 3.84. The molecule has 8 heteroatoms. The molecule has 1 atom stereocenters. The summed E-state index contributed by atoms with van der Waals surface area (Å²) in [5.74, 6) is -0.758. The predicted octanol–water partition coefficient (Wildman–Crippen LogP) is 2.87. The molecule has 0 bridgehead atoms. The van der Waals surface area contributed by atoms with Gasteiger partial charge in [0.1, 0.15) is 5.75 Å². The van der Waals surface area contributed by atoms with Gasteiger partial charge in [0, 0.05) is 11.1 Å². The summed E-state index contributed by atoms with van der Waals surface area (Å²) in [4.78, 5) is 12.7. The third-order valence-corrected chi connectivity index (χ3v) is 5.95. The summed E-state index contributed by atoms with van der Waals surface area (Å²) < 4.78 is 46.3. The van der Waals surface area contributed by atoms with Gasteiger partial charge < -0.3 is 20.5 Å². The molecule has 3 rings (SSSR count). The molecule has 1 saturated heterocycles. The van der Waals surface area contributed by atoms with Crippen molar-refractivity contribution in [3.05, 3.63) is 29.8 Å². The van der Waals surface area contributed by atoms with Crippen LogP contribution in [-0.2, 0) is 10.4 Å². The smallest absolute Gasteiger partial charge is 0.430 e. The second kappa shape index (κ2) is 7.91. The molecule has 0 spiro atoms. The number of hydrogen-bond donors (Lipinski definition) is 3. The van der Waals surface area contributed by atoms with Crippen LogP contribution in [0.15, 0.2) is 24.3 Å². The van der Waals surface area contributed by atoms with Crippen molar-refractivity contribution in [1.82, 2.24) is 10.6 Å². The molecular weight excluding hydrogens is 373 g/mol. The van der Waals surface area contributed by atoms with Crippen LogP contribution in [0.25, 0.3) is 0 Å². The van der Waals surface area contributed by atoms with E-state index in [4.69, 9.17) is 4.74 Å². The monoisotopic (exact) mass is 400 g/mol. The quantitative estimate of drug-likeness (QED) is 0.658. The Hall–Kier alpha value is -1.80. The van der Waals surface area contributed by atoms with E-state index < -0.39 is 28.8 Å². The number of rotatable bonds is 7. The molecule has 1 aromatic carbocycles. The Labute approximate surface area is 162 Å². The van der Waals surface area contributed by atoms with Gasteiger partial charge >= 0.3 is 6.18 Å². The average Bonchev–Trinajstić information content (AvgIpc) is 3.45. The maximum absolute atomic E-state index is 13.8. The number of hydrogen-bond acceptors (Lipinski definition) is 4. The number of alkyl halides is 3. The highest BCUT2D eigenvalue weighted by molar-refractivity contribution is 5.88. The Morgan fingerprint density at radius 2 is 2.00 bits per heavy atom. The van der Waals surface area contributed by atoms with Crippen LogP contribution >= 0.6 is 0 Å². The molecule has 0 radical (unpaired) electrons. The van der Waals surface area contributed by atoms with Gasteiger partial charge in [0.05, 0.1) is 7.11 Å². The Balaban J connectivity index is 1.74. The number of benzene rings is 1. The molecule has 3 N–H and O–H groups in total. The van der Waals surface area contributed by atoms with E-state index in [-0.39, 0.29) is 5.75 Å². The van der Waals surface area contributed by atoms with Crippen LogP contribution < -0.4 is 15.4 Å². The van der Waals surface area contributed by atoms with E-state index in [0.717, 1.165) is 44.5 Å². The van der Waals surface area contributed by atoms with E-state index in [0.29, 0.717) is 25.2 Å². The molecular formula is C20H27F3N2O3. The number of carbonyl (C=O) groups is 1. The minimum atomic E-state index is -5.16. The minimum Gasteiger partial charge on any atom is -0.497 e. The van der Waals surface area contributed by atoms with Crippen molar-refractivity contribution in [3.63, 3.8) is 0 Å². The van der Waals surface area contributed by atoms with Gasteiger partial charge in [-0.25, -0.2) is 0 Å². The molecule has 1 aromatic rings. The molecule has 2 aliphatic rings. The van der Waals surface area contributed by atoms with Crippen molar-refractivity contribution >= 4 is 5.91 Å². The first-order chi connectivity index (χ1) is 13.2. The van der Waals surface area contributed by atoms with Gasteiger partial charge in [-0.15, -0.1) is 0 Å². The van der Waals surface area contributed by atoms with E-state index in [1.54, 1.807) is 0 Å². The number of aliphatic hydroxyl groups is 1. The van der Waals surface area contributed by atoms with Crippen LogP contribution in [0.2, 0.25) is 0 Å². The summed E-state index contributed by atoms with van der Waals surface area (Å²) in [5, 5.41) is 16.3. The lowest BCUT2D eigenvalue weighted by atomic mass is 9.89. The lowest BCUT2D eigenvalue weighted by molar-refractivity contribution is -0.257. The van der Waals surface area contributed by atoms with Crippen LogP contribution in [0, 0.1) is 5.92 Å². The highest BCUT2D eigenvalue weighted by atomic mass is 19.4. The van der Waals surface area contributed by atoms with Crippen LogP contribution in [0.4, 0.5) is 13.2 Å². The highest BCUT2D eigenvalue weighted by Crippen LogP contribution is 2.45. The summed E-state index contributed by atoms with van der Waals surface area (Å²) in [5.41, 5.74) is -4.81. The van der Waals surface area contributed by atoms with Crippen molar-refractivity contribution < 1.29 is 27.8 Å². The first-order valence-corrected chi connectivity index (χ1v) is 9.67. The summed E-state index contributed by atoms with van der Waals surface area (Å²) >= 11 is 0. The van der Waals surface area contributed by atoms with Crippen LogP contribution in [0.5, 0.6) is 5.75 Å². The minimum absolute atomic E-state index is 0.139. The number of ether oxygens (including phenoxy) is 1. The highest BCUT2D eigenvalue weighted by Gasteiger charge is 2.62. The first kappa shape index (κ1) is 20.9. The molecule has 1 heterocycles. The molecule has 1 unspecified atom stereocenters. The standard InChI is InChI=1S/C20H27F3N2O3/c1-28-16-4-2-3-15(13-16)19(27,20(21,22)23)17(26)25-18(9-10-18)8-5-14-6-11-24-12-7-14/h2-4,13-14,24,27H,5-12H2,1H3,(H,25,26). The van der Waals surface area contributed by atoms with Crippen LogP contribution in [0.1, 0.15) is 44.1 Å². The van der Waals surface area contributed by atoms with Gasteiger partial charge in [0.15, 0.2) is 0 Å². The number of piperidine rings is 1. The number of methoxy groups -OCH3 is 1. The third-order valence-electron chi connectivity index (χ3n) is 5.95. The van der Waals surface area contributed by atoms with Crippen molar-refractivity contribution in [3.8, 4) is 5.75 Å². The Bertz CT molecular complexity index is 700. The zero-order valence-electron chi connectivity index (χ0n) is 15.9. The SMILES string of the molecule is COc1cccc(C(O)(C(=O)NC2(CCC3CCNCC3)CC2)C(F)(F)F)c1. The molecule has 156 valence electrons. The Morgan fingerprint density at radius 1 is 1.32 bits per heavy atom. The van der Waals surface area contributed by atoms with Gasteiger partial charge in [0.2, 0.25) is 0 Å². The van der Waals surface area contributed by atoms with Crippen molar-refractivity contribution in [2.24, 2.45) is 5.92 Å². The second-order valence-electron chi connectivity index (χ2n) is 7.91. The van der Waals surface area contributed by atoms with Crippen molar-refractivity contribution in [2.75, 3.05) is 20.2 Å². The van der Waals surface area contributed by atoms with E-state index in [9.17, 15) is 23.1 Å². The van der Waals surface area contributed by atoms with Crippen molar-refractivity contribution in [2.45, 2.75) is 55.8 Å². The van der Waals surface area contributed by atoms with E-state index >= 15 is 0 Å². The molecule has 1 aliphatic carbocycles. The summed E-state index contributed by atoms with van der Waals surface area (Å²) in [6, 6.07) is 4.91. The Morgan fingerprint density at radius 3 is 2.57 bits per heavy atom. The molecule has 5 nitrogen and oxygen atoms in total. The maximum Gasteiger partial charge on any atom is 0.430 e. The molecule has 1 aliphatic heterocycles. The van der Waals surface area contributed by atoms with Gasteiger partial charge in [0.25, 0.3) is 11.5 Å². The largest absolute Gasteiger partial charge is 0.497 e. The third kappa shape index (κ3) is 4.27. The molecule has 2 fully saturated rings. The zero-order valence-corrected chi connectivity index (χ0v) is 15.9. The molecule has 1 amide bonds. The fraction of sp³-hybridized carbons (Fsp3) is 0.650. The summed E-state index contributed by atoms with van der Waals surface area (Å²) in [6.07, 6.45) is -0.304. The number of amides is 1. The van der Waals surface area contributed by atoms with Crippen molar-refractivity contribution in [1.29, 1.82) is 0 Å². The fourth-order valence-electron chi connectivity index (χ4n) is 3.84. The Kier molecular flexibility index (Phi) is 5.91. The average molecular weight is 400 g/mol. The normalized spacial score (nSPS) is 21.6. The number of halogens is 3. The lowest BCUT2D eigenvalue weighted by Crippen LogP contribution is -2.57. The summed E-state index contributed by atoms with van der Waals surface area (Å²) in [7, 11) is 1.31.